The van der Waals surface area contributed by atoms with Gasteiger partial charge in [-0.05, 0) is 64.4 Å². The molecule has 0 aliphatic carbocycles. The van der Waals surface area contributed by atoms with Gasteiger partial charge in [0.25, 0.3) is 10.0 Å². The van der Waals surface area contributed by atoms with Crippen molar-refractivity contribution < 1.29 is 18.0 Å². The molecule has 10 heteroatoms. The number of amides is 2. The molecule has 1 atom stereocenters. The van der Waals surface area contributed by atoms with E-state index in [0.29, 0.717) is 0 Å². The van der Waals surface area contributed by atoms with Crippen LogP contribution < -0.4 is 9.62 Å². The number of hydrogen-bond acceptors (Lipinski definition) is 4. The maximum Gasteiger partial charge on any atom is 0.264 e. The lowest BCUT2D eigenvalue weighted by Gasteiger charge is -2.32. The van der Waals surface area contributed by atoms with Crippen molar-refractivity contribution >= 4 is 50.7 Å². The van der Waals surface area contributed by atoms with Gasteiger partial charge in [0.15, 0.2) is 0 Å². The van der Waals surface area contributed by atoms with E-state index in [1.54, 1.807) is 25.1 Å². The molecule has 0 aromatic heterocycles. The van der Waals surface area contributed by atoms with E-state index in [9.17, 15) is 18.0 Å². The summed E-state index contributed by atoms with van der Waals surface area (Å²) < 4.78 is 28.7. The summed E-state index contributed by atoms with van der Waals surface area (Å²) in [6.45, 7) is 8.56. The van der Waals surface area contributed by atoms with Crippen molar-refractivity contribution in [2.45, 2.75) is 58.1 Å². The minimum Gasteiger partial charge on any atom is -0.352 e. The van der Waals surface area contributed by atoms with Crippen molar-refractivity contribution in [2.75, 3.05) is 10.8 Å². The van der Waals surface area contributed by atoms with Gasteiger partial charge in [-0.1, -0.05) is 76.8 Å². The van der Waals surface area contributed by atoms with Crippen LogP contribution in [0.2, 0.25) is 10.0 Å². The third kappa shape index (κ3) is 7.53. The van der Waals surface area contributed by atoms with Crippen LogP contribution in [0.15, 0.2) is 71.6 Å². The quantitative estimate of drug-likeness (QED) is 0.326. The number of sulfonamides is 1. The summed E-state index contributed by atoms with van der Waals surface area (Å²) >= 11 is 12.7. The van der Waals surface area contributed by atoms with E-state index in [2.05, 4.69) is 5.32 Å². The number of halogens is 2. The molecule has 3 aromatic carbocycles. The molecule has 0 bridgehead atoms. The second-order valence-electron chi connectivity index (χ2n) is 9.75. The Bertz CT molecular complexity index is 1440. The van der Waals surface area contributed by atoms with Gasteiger partial charge in [-0.3, -0.25) is 13.9 Å². The summed E-state index contributed by atoms with van der Waals surface area (Å²) in [5.41, 5.74) is 2.74. The highest BCUT2D eigenvalue weighted by molar-refractivity contribution is 7.92. The minimum atomic E-state index is -4.24. The van der Waals surface area contributed by atoms with E-state index in [1.165, 1.54) is 29.2 Å². The summed E-state index contributed by atoms with van der Waals surface area (Å²) in [5, 5.41) is 2.98. The Labute approximate surface area is 240 Å². The van der Waals surface area contributed by atoms with Crippen LogP contribution in [0, 0.1) is 13.8 Å². The third-order valence-corrected chi connectivity index (χ3v) is 8.70. The summed E-state index contributed by atoms with van der Waals surface area (Å²) in [5.74, 6) is -0.922. The molecule has 0 radical (unpaired) electrons. The van der Waals surface area contributed by atoms with Crippen LogP contribution in [-0.4, -0.2) is 43.8 Å². The first-order valence-corrected chi connectivity index (χ1v) is 14.7. The molecule has 208 valence electrons. The number of aryl methyl sites for hydroxylation is 2. The van der Waals surface area contributed by atoms with Crippen molar-refractivity contribution in [1.29, 1.82) is 0 Å². The number of benzene rings is 3. The molecule has 7 nitrogen and oxygen atoms in total. The van der Waals surface area contributed by atoms with E-state index < -0.39 is 28.5 Å². The topological polar surface area (TPSA) is 86.8 Å². The van der Waals surface area contributed by atoms with Crippen LogP contribution in [0.4, 0.5) is 5.69 Å². The molecule has 0 aliphatic heterocycles. The van der Waals surface area contributed by atoms with Crippen molar-refractivity contribution in [3.8, 4) is 0 Å². The number of carbonyl (C=O) groups excluding carboxylic acids is 2. The van der Waals surface area contributed by atoms with Gasteiger partial charge in [-0.15, -0.1) is 0 Å². The largest absolute Gasteiger partial charge is 0.352 e. The van der Waals surface area contributed by atoms with Crippen molar-refractivity contribution in [2.24, 2.45) is 0 Å². The predicted molar refractivity (Wildman–Crippen MR) is 157 cm³/mol. The van der Waals surface area contributed by atoms with Gasteiger partial charge in [0.2, 0.25) is 11.8 Å². The van der Waals surface area contributed by atoms with Crippen LogP contribution in [0.1, 0.15) is 37.5 Å². The van der Waals surface area contributed by atoms with Gasteiger partial charge >= 0.3 is 0 Å². The Hall–Kier alpha value is -3.07. The van der Waals surface area contributed by atoms with Crippen LogP contribution >= 0.6 is 23.2 Å². The monoisotopic (exact) mass is 589 g/mol. The second-order valence-corrected chi connectivity index (χ2v) is 12.4. The Morgan fingerprint density at radius 2 is 1.54 bits per heavy atom. The molecule has 0 aliphatic rings. The number of rotatable bonds is 10. The molecular formula is C29H33Cl2N3O4S. The molecule has 0 saturated heterocycles. The van der Waals surface area contributed by atoms with Gasteiger partial charge in [0.05, 0.1) is 20.6 Å². The number of anilines is 1. The number of nitrogens with zero attached hydrogens (tertiary/aromatic N) is 2. The lowest BCUT2D eigenvalue weighted by molar-refractivity contribution is -0.139. The zero-order valence-corrected chi connectivity index (χ0v) is 24.9. The fraction of sp³-hybridized carbons (Fsp3) is 0.310. The Morgan fingerprint density at radius 3 is 2.15 bits per heavy atom. The first kappa shape index (κ1) is 30.5. The molecule has 39 heavy (non-hydrogen) atoms. The van der Waals surface area contributed by atoms with E-state index in [-0.39, 0.29) is 39.1 Å². The van der Waals surface area contributed by atoms with Gasteiger partial charge in [0.1, 0.15) is 12.6 Å². The zero-order valence-electron chi connectivity index (χ0n) is 22.6. The lowest BCUT2D eigenvalue weighted by Crippen LogP contribution is -2.52. The fourth-order valence-corrected chi connectivity index (χ4v) is 5.90. The smallest absolute Gasteiger partial charge is 0.264 e. The highest BCUT2D eigenvalue weighted by Crippen LogP contribution is 2.35. The van der Waals surface area contributed by atoms with Gasteiger partial charge in [-0.25, -0.2) is 8.42 Å². The number of carbonyl (C=O) groups is 2. The Kier molecular flexibility index (Phi) is 10.0. The molecule has 0 saturated carbocycles. The van der Waals surface area contributed by atoms with E-state index in [0.717, 1.165) is 21.0 Å². The molecule has 2 amide bonds. The average molecular weight is 591 g/mol. The third-order valence-electron chi connectivity index (χ3n) is 6.12. The van der Waals surface area contributed by atoms with Crippen molar-refractivity contribution in [3.63, 3.8) is 0 Å². The summed E-state index contributed by atoms with van der Waals surface area (Å²) in [7, 11) is -4.24. The Balaban J connectivity index is 2.08. The minimum absolute atomic E-state index is 0.00140. The normalized spacial score (nSPS) is 12.2. The Morgan fingerprint density at radius 1 is 0.897 bits per heavy atom. The molecule has 0 fully saturated rings. The van der Waals surface area contributed by atoms with E-state index >= 15 is 0 Å². The molecule has 0 heterocycles. The van der Waals surface area contributed by atoms with Crippen molar-refractivity contribution in [3.05, 3.63) is 93.5 Å². The zero-order chi connectivity index (χ0) is 28.9. The number of nitrogens with one attached hydrogen (secondary N) is 1. The molecule has 0 spiro atoms. The first-order chi connectivity index (χ1) is 18.3. The predicted octanol–water partition coefficient (Wildman–Crippen LogP) is 5.75. The van der Waals surface area contributed by atoms with Gasteiger partial charge < -0.3 is 10.2 Å². The van der Waals surface area contributed by atoms with Crippen molar-refractivity contribution in [1.82, 2.24) is 10.2 Å². The summed E-state index contributed by atoms with van der Waals surface area (Å²) in [6.07, 6.45) is 0. The van der Waals surface area contributed by atoms with Crippen LogP contribution in [-0.2, 0) is 26.2 Å². The highest BCUT2D eigenvalue weighted by atomic mass is 35.5. The summed E-state index contributed by atoms with van der Waals surface area (Å²) in [6, 6.07) is 17.5. The number of hydrogen-bond donors (Lipinski definition) is 1. The molecule has 3 rings (SSSR count). The maximum absolute atomic E-state index is 13.9. The molecular weight excluding hydrogens is 557 g/mol. The van der Waals surface area contributed by atoms with Crippen LogP contribution in [0.25, 0.3) is 0 Å². The van der Waals surface area contributed by atoms with Crippen LogP contribution in [0.3, 0.4) is 0 Å². The fourth-order valence-electron chi connectivity index (χ4n) is 4.03. The average Bonchev–Trinajstić information content (AvgIpc) is 2.87. The van der Waals surface area contributed by atoms with Gasteiger partial charge in [0, 0.05) is 12.6 Å². The molecule has 3 aromatic rings. The van der Waals surface area contributed by atoms with E-state index in [1.807, 2.05) is 52.0 Å². The first-order valence-electron chi connectivity index (χ1n) is 12.5. The molecule has 0 unspecified atom stereocenters. The molecule has 1 N–H and O–H groups in total. The summed E-state index contributed by atoms with van der Waals surface area (Å²) in [4.78, 5) is 28.3. The van der Waals surface area contributed by atoms with Gasteiger partial charge in [-0.2, -0.15) is 0 Å². The van der Waals surface area contributed by atoms with E-state index in [4.69, 9.17) is 23.2 Å². The van der Waals surface area contributed by atoms with Crippen LogP contribution in [0.5, 0.6) is 0 Å². The standard InChI is InChI=1S/C29H33Cl2N3O4S/c1-19(2)32-29(36)22(5)33(17-23-9-6-8-21(4)16-23)27(35)18-34(26-11-7-10-25(30)28(26)31)39(37,38)24-14-12-20(3)13-15-24/h6-16,19,22H,17-18H2,1-5H3,(H,32,36)/t22-/m0/s1. The highest BCUT2D eigenvalue weighted by Gasteiger charge is 2.33. The maximum atomic E-state index is 13.9. The lowest BCUT2D eigenvalue weighted by atomic mass is 10.1. The second kappa shape index (κ2) is 12.9. The SMILES string of the molecule is Cc1ccc(S(=O)(=O)N(CC(=O)N(Cc2cccc(C)c2)[C@@H](C)C(=O)NC(C)C)c2cccc(Cl)c2Cl)cc1.